The molecule has 94 valence electrons. The Morgan fingerprint density at radius 3 is 2.50 bits per heavy atom. The molecule has 1 aromatic carbocycles. The van der Waals surface area contributed by atoms with E-state index < -0.39 is 11.7 Å². The van der Waals surface area contributed by atoms with E-state index in [-0.39, 0.29) is 12.2 Å². The van der Waals surface area contributed by atoms with Crippen molar-refractivity contribution >= 4 is 0 Å². The smallest absolute Gasteiger partial charge is 0.390 e. The molecule has 2 aromatic rings. The van der Waals surface area contributed by atoms with Crippen molar-refractivity contribution in [1.29, 1.82) is 0 Å². The van der Waals surface area contributed by atoms with E-state index in [0.29, 0.717) is 11.3 Å². The zero-order chi connectivity index (χ0) is 13.2. The van der Waals surface area contributed by atoms with Crippen molar-refractivity contribution in [3.05, 3.63) is 53.9 Å². The number of benzene rings is 1. The van der Waals surface area contributed by atoms with Gasteiger partial charge in [0.2, 0.25) is 0 Å². The van der Waals surface area contributed by atoms with Crippen LogP contribution in [0.5, 0.6) is 0 Å². The van der Waals surface area contributed by atoms with Crippen LogP contribution in [-0.2, 0) is 12.8 Å². The fourth-order valence-corrected chi connectivity index (χ4v) is 1.71. The monoisotopic (exact) mass is 253 g/mol. The Labute approximate surface area is 102 Å². The Hall–Kier alpha value is -1.88. The van der Waals surface area contributed by atoms with Gasteiger partial charge < -0.3 is 5.11 Å². The maximum absolute atomic E-state index is 12.9. The molecule has 0 aliphatic rings. The third-order valence-corrected chi connectivity index (χ3v) is 2.52. The van der Waals surface area contributed by atoms with Gasteiger partial charge in [-0.2, -0.15) is 13.2 Å². The van der Waals surface area contributed by atoms with E-state index in [1.807, 2.05) is 0 Å². The Bertz CT molecular complexity index is 552. The summed E-state index contributed by atoms with van der Waals surface area (Å²) < 4.78 is 38.6. The highest BCUT2D eigenvalue weighted by molar-refractivity contribution is 5.68. The fraction of sp³-hybridized carbons (Fsp3) is 0.154. The first-order chi connectivity index (χ1) is 8.52. The minimum atomic E-state index is -4.40. The minimum Gasteiger partial charge on any atom is -0.390 e. The highest BCUT2D eigenvalue weighted by atomic mass is 19.4. The summed E-state index contributed by atoms with van der Waals surface area (Å²) in [4.78, 5) is 3.84. The predicted molar refractivity (Wildman–Crippen MR) is 60.6 cm³/mol. The number of halogens is 3. The van der Waals surface area contributed by atoms with E-state index in [0.717, 1.165) is 6.07 Å². The van der Waals surface area contributed by atoms with Crippen molar-refractivity contribution in [2.45, 2.75) is 12.8 Å². The van der Waals surface area contributed by atoms with E-state index in [9.17, 15) is 13.2 Å². The summed E-state index contributed by atoms with van der Waals surface area (Å²) in [5, 5.41) is 8.95. The molecule has 0 fully saturated rings. The standard InChI is InChI=1S/C13H10F3NO/c14-13(15,16)12-4-2-1-3-11(12)9-5-6-17-10(7-9)8-18/h1-7,18H,8H2. The summed E-state index contributed by atoms with van der Waals surface area (Å²) in [6.07, 6.45) is -3.02. The molecular weight excluding hydrogens is 243 g/mol. The molecule has 5 heteroatoms. The number of aliphatic hydroxyl groups excluding tert-OH is 1. The highest BCUT2D eigenvalue weighted by Crippen LogP contribution is 2.36. The average Bonchev–Trinajstić information content (AvgIpc) is 2.38. The van der Waals surface area contributed by atoms with Gasteiger partial charge in [-0.25, -0.2) is 0 Å². The van der Waals surface area contributed by atoms with Gasteiger partial charge in [-0.3, -0.25) is 4.98 Å². The number of hydrogen-bond acceptors (Lipinski definition) is 2. The largest absolute Gasteiger partial charge is 0.417 e. The van der Waals surface area contributed by atoms with Crippen molar-refractivity contribution in [2.75, 3.05) is 0 Å². The molecule has 1 heterocycles. The molecule has 2 nitrogen and oxygen atoms in total. The molecule has 0 spiro atoms. The molecule has 0 unspecified atom stereocenters. The highest BCUT2D eigenvalue weighted by Gasteiger charge is 2.33. The van der Waals surface area contributed by atoms with Crippen molar-refractivity contribution < 1.29 is 18.3 Å². The Kier molecular flexibility index (Phi) is 3.34. The molecule has 0 saturated heterocycles. The number of rotatable bonds is 2. The normalized spacial score (nSPS) is 11.6. The van der Waals surface area contributed by atoms with Crippen LogP contribution in [0, 0.1) is 0 Å². The quantitative estimate of drug-likeness (QED) is 0.891. The van der Waals surface area contributed by atoms with E-state index in [1.54, 1.807) is 6.07 Å². The van der Waals surface area contributed by atoms with Crippen molar-refractivity contribution in [1.82, 2.24) is 4.98 Å². The average molecular weight is 253 g/mol. The summed E-state index contributed by atoms with van der Waals surface area (Å²) >= 11 is 0. The third kappa shape index (κ3) is 2.51. The number of hydrogen-bond donors (Lipinski definition) is 1. The molecule has 1 aromatic heterocycles. The first-order valence-electron chi connectivity index (χ1n) is 5.25. The van der Waals surface area contributed by atoms with Gasteiger partial charge in [-0.1, -0.05) is 18.2 Å². The van der Waals surface area contributed by atoms with Gasteiger partial charge in [0.15, 0.2) is 0 Å². The van der Waals surface area contributed by atoms with Gasteiger partial charge >= 0.3 is 6.18 Å². The van der Waals surface area contributed by atoms with E-state index in [1.165, 1.54) is 30.5 Å². The number of aromatic nitrogens is 1. The Balaban J connectivity index is 2.57. The first kappa shape index (κ1) is 12.6. The van der Waals surface area contributed by atoms with E-state index in [2.05, 4.69) is 4.98 Å². The maximum atomic E-state index is 12.9. The Morgan fingerprint density at radius 2 is 1.83 bits per heavy atom. The van der Waals surface area contributed by atoms with Crippen LogP contribution >= 0.6 is 0 Å². The van der Waals surface area contributed by atoms with E-state index in [4.69, 9.17) is 5.11 Å². The summed E-state index contributed by atoms with van der Waals surface area (Å²) in [6.45, 7) is -0.304. The van der Waals surface area contributed by atoms with Gasteiger partial charge in [0.05, 0.1) is 17.9 Å². The molecular formula is C13H10F3NO. The van der Waals surface area contributed by atoms with Crippen LogP contribution < -0.4 is 0 Å². The van der Waals surface area contributed by atoms with Gasteiger partial charge in [-0.05, 0) is 29.3 Å². The molecule has 1 N–H and O–H groups in total. The minimum absolute atomic E-state index is 0.0853. The van der Waals surface area contributed by atoms with Crippen LogP contribution in [0.25, 0.3) is 11.1 Å². The second-order valence-corrected chi connectivity index (χ2v) is 3.74. The van der Waals surface area contributed by atoms with Gasteiger partial charge in [0.1, 0.15) is 0 Å². The molecule has 0 saturated carbocycles. The summed E-state index contributed by atoms with van der Waals surface area (Å²) in [5.74, 6) is 0. The van der Waals surface area contributed by atoms with E-state index >= 15 is 0 Å². The number of pyridine rings is 1. The molecule has 0 aliphatic heterocycles. The van der Waals surface area contributed by atoms with Crippen LogP contribution in [0.2, 0.25) is 0 Å². The number of aliphatic hydroxyl groups is 1. The lowest BCUT2D eigenvalue weighted by Crippen LogP contribution is -2.07. The van der Waals surface area contributed by atoms with Crippen LogP contribution in [0.3, 0.4) is 0 Å². The lowest BCUT2D eigenvalue weighted by Gasteiger charge is -2.13. The molecule has 0 radical (unpaired) electrons. The second kappa shape index (κ2) is 4.78. The summed E-state index contributed by atoms with van der Waals surface area (Å²) in [5.41, 5.74) is 0.119. The van der Waals surface area contributed by atoms with Crippen molar-refractivity contribution in [3.8, 4) is 11.1 Å². The second-order valence-electron chi connectivity index (χ2n) is 3.74. The Morgan fingerprint density at radius 1 is 1.11 bits per heavy atom. The zero-order valence-corrected chi connectivity index (χ0v) is 9.28. The van der Waals surface area contributed by atoms with Crippen LogP contribution in [0.15, 0.2) is 42.6 Å². The summed E-state index contributed by atoms with van der Waals surface area (Å²) in [7, 11) is 0. The predicted octanol–water partition coefficient (Wildman–Crippen LogP) is 3.26. The van der Waals surface area contributed by atoms with Gasteiger partial charge in [0, 0.05) is 6.20 Å². The van der Waals surface area contributed by atoms with Crippen LogP contribution in [-0.4, -0.2) is 10.1 Å². The number of alkyl halides is 3. The molecule has 0 bridgehead atoms. The fourth-order valence-electron chi connectivity index (χ4n) is 1.71. The zero-order valence-electron chi connectivity index (χ0n) is 9.28. The van der Waals surface area contributed by atoms with Crippen molar-refractivity contribution in [2.24, 2.45) is 0 Å². The lowest BCUT2D eigenvalue weighted by molar-refractivity contribution is -0.137. The van der Waals surface area contributed by atoms with Gasteiger partial charge in [-0.15, -0.1) is 0 Å². The molecule has 0 atom stereocenters. The maximum Gasteiger partial charge on any atom is 0.417 e. The molecule has 18 heavy (non-hydrogen) atoms. The number of nitrogens with zero attached hydrogens (tertiary/aromatic N) is 1. The summed E-state index contributed by atoms with van der Waals surface area (Å²) in [6, 6.07) is 8.27. The van der Waals surface area contributed by atoms with Gasteiger partial charge in [0.25, 0.3) is 0 Å². The van der Waals surface area contributed by atoms with Crippen LogP contribution in [0.1, 0.15) is 11.3 Å². The molecule has 0 aliphatic carbocycles. The lowest BCUT2D eigenvalue weighted by atomic mass is 10.00. The molecule has 0 amide bonds. The molecule has 2 rings (SSSR count). The van der Waals surface area contributed by atoms with Crippen LogP contribution in [0.4, 0.5) is 13.2 Å². The first-order valence-corrected chi connectivity index (χ1v) is 5.25. The SMILES string of the molecule is OCc1cc(-c2ccccc2C(F)(F)F)ccn1. The topological polar surface area (TPSA) is 33.1 Å². The van der Waals surface area contributed by atoms with Crippen molar-refractivity contribution in [3.63, 3.8) is 0 Å². The third-order valence-electron chi connectivity index (χ3n) is 2.52.